The highest BCUT2D eigenvalue weighted by Gasteiger charge is 2.20. The van der Waals surface area contributed by atoms with Gasteiger partial charge < -0.3 is 15.5 Å². The molecule has 1 heterocycles. The lowest BCUT2D eigenvalue weighted by molar-refractivity contribution is -0.132. The van der Waals surface area contributed by atoms with E-state index in [4.69, 9.17) is 0 Å². The summed E-state index contributed by atoms with van der Waals surface area (Å²) in [5.74, 6) is 1.27. The number of guanidine groups is 1. The number of nitrogens with zero attached hydrogens (tertiary/aromatic N) is 2. The Morgan fingerprint density at radius 1 is 1.28 bits per heavy atom. The number of piperidine rings is 1. The molecule has 0 spiro atoms. The molecule has 2 rings (SSSR count). The number of likely N-dealkylation sites (tertiary alicyclic amines) is 1. The van der Waals surface area contributed by atoms with Crippen LogP contribution in [0.1, 0.15) is 31.7 Å². The number of aliphatic imine (C=N–C) groups is 1. The molecular formula is C19H29FN4O. The van der Waals surface area contributed by atoms with Gasteiger partial charge in [0, 0.05) is 39.6 Å². The van der Waals surface area contributed by atoms with Crippen LogP contribution >= 0.6 is 0 Å². The highest BCUT2D eigenvalue weighted by molar-refractivity contribution is 5.81. The molecule has 1 aromatic carbocycles. The maximum Gasteiger partial charge on any atom is 0.224 e. The summed E-state index contributed by atoms with van der Waals surface area (Å²) in [6.45, 7) is 5.23. The Morgan fingerprint density at radius 2 is 2.00 bits per heavy atom. The smallest absolute Gasteiger partial charge is 0.224 e. The highest BCUT2D eigenvalue weighted by atomic mass is 19.1. The van der Waals surface area contributed by atoms with E-state index < -0.39 is 0 Å². The third-order valence-corrected chi connectivity index (χ3v) is 4.48. The minimum absolute atomic E-state index is 0.209. The number of carbonyl (C=O) groups excluding carboxylic acids is 1. The van der Waals surface area contributed by atoms with Crippen molar-refractivity contribution in [3.63, 3.8) is 0 Å². The lowest BCUT2D eigenvalue weighted by Crippen LogP contribution is -2.42. The maximum atomic E-state index is 12.9. The quantitative estimate of drug-likeness (QED) is 0.612. The third kappa shape index (κ3) is 6.72. The molecule has 1 saturated heterocycles. The van der Waals surface area contributed by atoms with Crippen LogP contribution in [0, 0.1) is 11.7 Å². The van der Waals surface area contributed by atoms with Gasteiger partial charge in [0.1, 0.15) is 5.82 Å². The van der Waals surface area contributed by atoms with Crippen molar-refractivity contribution in [3.8, 4) is 0 Å². The Hall–Kier alpha value is -2.11. The SMILES string of the molecule is CN=C(NCCC(=O)N1CCCC(C)C1)NCCc1ccc(F)cc1. The van der Waals surface area contributed by atoms with Gasteiger partial charge in [-0.2, -0.15) is 0 Å². The number of benzene rings is 1. The van der Waals surface area contributed by atoms with E-state index in [0.29, 0.717) is 31.4 Å². The first kappa shape index (κ1) is 19.2. The average molecular weight is 348 g/mol. The number of amides is 1. The monoisotopic (exact) mass is 348 g/mol. The first-order valence-corrected chi connectivity index (χ1v) is 9.05. The zero-order valence-electron chi connectivity index (χ0n) is 15.2. The Morgan fingerprint density at radius 3 is 2.68 bits per heavy atom. The van der Waals surface area contributed by atoms with Crippen molar-refractivity contribution < 1.29 is 9.18 Å². The molecule has 1 aliphatic rings. The second-order valence-corrected chi connectivity index (χ2v) is 6.64. The van der Waals surface area contributed by atoms with Crippen LogP contribution in [0.5, 0.6) is 0 Å². The molecule has 1 fully saturated rings. The van der Waals surface area contributed by atoms with Crippen LogP contribution in [0.2, 0.25) is 0 Å². The number of hydrogen-bond donors (Lipinski definition) is 2. The van der Waals surface area contributed by atoms with E-state index in [0.717, 1.165) is 31.5 Å². The molecule has 0 aromatic heterocycles. The van der Waals surface area contributed by atoms with Crippen molar-refractivity contribution in [2.75, 3.05) is 33.2 Å². The molecule has 1 aromatic rings. The average Bonchev–Trinajstić information content (AvgIpc) is 2.62. The first-order chi connectivity index (χ1) is 12.1. The molecule has 5 nitrogen and oxygen atoms in total. The van der Waals surface area contributed by atoms with Crippen LogP contribution in [0.3, 0.4) is 0 Å². The molecular weight excluding hydrogens is 319 g/mol. The number of nitrogens with one attached hydrogen (secondary N) is 2. The Balaban J connectivity index is 1.64. The van der Waals surface area contributed by atoms with Gasteiger partial charge in [-0.15, -0.1) is 0 Å². The summed E-state index contributed by atoms with van der Waals surface area (Å²) in [5.41, 5.74) is 1.07. The molecule has 0 aliphatic carbocycles. The van der Waals surface area contributed by atoms with Gasteiger partial charge in [0.2, 0.25) is 5.91 Å². The minimum Gasteiger partial charge on any atom is -0.356 e. The fourth-order valence-electron chi connectivity index (χ4n) is 3.06. The predicted molar refractivity (Wildman–Crippen MR) is 99.1 cm³/mol. The zero-order valence-corrected chi connectivity index (χ0v) is 15.2. The number of halogens is 1. The summed E-state index contributed by atoms with van der Waals surface area (Å²) in [6, 6.07) is 6.50. The topological polar surface area (TPSA) is 56.7 Å². The molecule has 1 aliphatic heterocycles. The largest absolute Gasteiger partial charge is 0.356 e. The van der Waals surface area contributed by atoms with Crippen molar-refractivity contribution in [1.29, 1.82) is 0 Å². The molecule has 0 radical (unpaired) electrons. The molecule has 1 atom stereocenters. The van der Waals surface area contributed by atoms with E-state index in [-0.39, 0.29) is 11.7 Å². The second-order valence-electron chi connectivity index (χ2n) is 6.64. The normalized spacial score (nSPS) is 18.1. The predicted octanol–water partition coefficient (Wildman–Crippen LogP) is 2.18. The van der Waals surface area contributed by atoms with E-state index in [2.05, 4.69) is 22.5 Å². The molecule has 0 saturated carbocycles. The van der Waals surface area contributed by atoms with Crippen molar-refractivity contribution in [3.05, 3.63) is 35.6 Å². The van der Waals surface area contributed by atoms with Gasteiger partial charge >= 0.3 is 0 Å². The van der Waals surface area contributed by atoms with Crippen LogP contribution in [-0.4, -0.2) is 50.0 Å². The number of carbonyl (C=O) groups is 1. The summed E-state index contributed by atoms with van der Waals surface area (Å²) >= 11 is 0. The number of hydrogen-bond acceptors (Lipinski definition) is 2. The summed E-state index contributed by atoms with van der Waals surface area (Å²) < 4.78 is 12.9. The Bertz CT molecular complexity index is 573. The van der Waals surface area contributed by atoms with Crippen molar-refractivity contribution in [1.82, 2.24) is 15.5 Å². The molecule has 2 N–H and O–H groups in total. The minimum atomic E-state index is -0.220. The molecule has 1 amide bonds. The maximum absolute atomic E-state index is 12.9. The van der Waals surface area contributed by atoms with Gasteiger partial charge in [0.25, 0.3) is 0 Å². The third-order valence-electron chi connectivity index (χ3n) is 4.48. The summed E-state index contributed by atoms with van der Waals surface area (Å²) in [5, 5.41) is 6.39. The highest BCUT2D eigenvalue weighted by Crippen LogP contribution is 2.15. The molecule has 25 heavy (non-hydrogen) atoms. The first-order valence-electron chi connectivity index (χ1n) is 9.05. The fraction of sp³-hybridized carbons (Fsp3) is 0.579. The van der Waals surface area contributed by atoms with Crippen molar-refractivity contribution >= 4 is 11.9 Å². The summed E-state index contributed by atoms with van der Waals surface area (Å²) in [6.07, 6.45) is 3.58. The van der Waals surface area contributed by atoms with Crippen LogP contribution in [-0.2, 0) is 11.2 Å². The van der Waals surface area contributed by atoms with Crippen LogP contribution in [0.4, 0.5) is 4.39 Å². The summed E-state index contributed by atoms with van der Waals surface area (Å²) in [4.78, 5) is 18.4. The van der Waals surface area contributed by atoms with Gasteiger partial charge in [0.15, 0.2) is 5.96 Å². The zero-order chi connectivity index (χ0) is 18.1. The number of rotatable bonds is 6. The van der Waals surface area contributed by atoms with E-state index in [9.17, 15) is 9.18 Å². The van der Waals surface area contributed by atoms with Crippen molar-refractivity contribution in [2.24, 2.45) is 10.9 Å². The van der Waals surface area contributed by atoms with Gasteiger partial charge in [-0.25, -0.2) is 4.39 Å². The van der Waals surface area contributed by atoms with E-state index >= 15 is 0 Å². The fourth-order valence-corrected chi connectivity index (χ4v) is 3.06. The lowest BCUT2D eigenvalue weighted by Gasteiger charge is -2.31. The van der Waals surface area contributed by atoms with E-state index in [1.807, 2.05) is 4.90 Å². The van der Waals surface area contributed by atoms with Crippen LogP contribution in [0.15, 0.2) is 29.3 Å². The van der Waals surface area contributed by atoms with E-state index in [1.165, 1.54) is 18.6 Å². The van der Waals surface area contributed by atoms with Crippen LogP contribution in [0.25, 0.3) is 0 Å². The summed E-state index contributed by atoms with van der Waals surface area (Å²) in [7, 11) is 1.71. The van der Waals surface area contributed by atoms with Gasteiger partial charge in [0.05, 0.1) is 0 Å². The second kappa shape index (κ2) is 10.0. The van der Waals surface area contributed by atoms with Crippen molar-refractivity contribution in [2.45, 2.75) is 32.6 Å². The Labute approximate surface area is 149 Å². The van der Waals surface area contributed by atoms with Gasteiger partial charge in [-0.3, -0.25) is 9.79 Å². The molecule has 6 heteroatoms. The lowest BCUT2D eigenvalue weighted by atomic mass is 10.00. The van der Waals surface area contributed by atoms with E-state index in [1.54, 1.807) is 19.2 Å². The molecule has 0 bridgehead atoms. The van der Waals surface area contributed by atoms with Crippen LogP contribution < -0.4 is 10.6 Å². The Kier molecular flexibility index (Phi) is 7.70. The molecule has 138 valence electrons. The van der Waals surface area contributed by atoms with Gasteiger partial charge in [-0.1, -0.05) is 19.1 Å². The standard InChI is InChI=1S/C19H29FN4O/c1-15-4-3-13-24(14-15)18(25)10-12-23-19(21-2)22-11-9-16-5-7-17(20)8-6-16/h5-8,15H,3-4,9-14H2,1-2H3,(H2,21,22,23). The molecule has 1 unspecified atom stereocenters. The van der Waals surface area contributed by atoms with Gasteiger partial charge in [-0.05, 0) is 42.9 Å².